The van der Waals surface area contributed by atoms with Crippen molar-refractivity contribution in [3.05, 3.63) is 46.9 Å². The fourth-order valence-electron chi connectivity index (χ4n) is 1.36. The van der Waals surface area contributed by atoms with Gasteiger partial charge in [-0.15, -0.1) is 0 Å². The van der Waals surface area contributed by atoms with E-state index >= 15 is 0 Å². The van der Waals surface area contributed by atoms with E-state index in [0.29, 0.717) is 22.8 Å². The molecule has 1 aliphatic rings. The van der Waals surface area contributed by atoms with Crippen molar-refractivity contribution >= 4 is 28.5 Å². The maximum absolute atomic E-state index is 6.01. The van der Waals surface area contributed by atoms with E-state index in [1.807, 2.05) is 30.3 Å². The van der Waals surface area contributed by atoms with Gasteiger partial charge in [-0.3, -0.25) is 10.4 Å². The molecule has 0 fully saturated rings. The van der Waals surface area contributed by atoms with Gasteiger partial charge in [0, 0.05) is 13.6 Å². The molecule has 0 atom stereocenters. The third-order valence-corrected chi connectivity index (χ3v) is 2.86. The van der Waals surface area contributed by atoms with E-state index in [0.717, 1.165) is 5.56 Å². The van der Waals surface area contributed by atoms with Crippen LogP contribution in [-0.4, -0.2) is 17.4 Å². The van der Waals surface area contributed by atoms with Crippen molar-refractivity contribution in [1.82, 2.24) is 15.8 Å². The molecule has 1 aromatic carbocycles. The maximum atomic E-state index is 6.01. The Kier molecular flexibility index (Phi) is 3.76. The van der Waals surface area contributed by atoms with E-state index < -0.39 is 0 Å². The van der Waals surface area contributed by atoms with Crippen LogP contribution in [0.25, 0.3) is 0 Å². The van der Waals surface area contributed by atoms with Crippen LogP contribution in [-0.2, 0) is 6.54 Å². The number of benzene rings is 1. The summed E-state index contributed by atoms with van der Waals surface area (Å²) in [5.74, 6) is 0.540. The molecule has 4 nitrogen and oxygen atoms in total. The first-order chi connectivity index (χ1) is 8.16. The Labute approximate surface area is 110 Å². The van der Waals surface area contributed by atoms with Crippen LogP contribution in [0.3, 0.4) is 0 Å². The average Bonchev–Trinajstić information content (AvgIpc) is 2.33. The van der Waals surface area contributed by atoms with E-state index in [-0.39, 0.29) is 0 Å². The molecule has 0 bridgehead atoms. The third-order valence-electron chi connectivity index (χ3n) is 2.26. The molecule has 6 heteroatoms. The minimum Gasteiger partial charge on any atom is -0.363 e. The van der Waals surface area contributed by atoms with Crippen LogP contribution in [0.4, 0.5) is 0 Å². The Balaban J connectivity index is 2.03. The van der Waals surface area contributed by atoms with Gasteiger partial charge in [-0.25, -0.2) is 0 Å². The van der Waals surface area contributed by atoms with Gasteiger partial charge < -0.3 is 5.32 Å². The average molecular weight is 271 g/mol. The van der Waals surface area contributed by atoms with E-state index in [9.17, 15) is 0 Å². The zero-order valence-corrected chi connectivity index (χ0v) is 10.8. The van der Waals surface area contributed by atoms with E-state index in [2.05, 4.69) is 15.7 Å². The van der Waals surface area contributed by atoms with Gasteiger partial charge in [-0.2, -0.15) is 4.99 Å². The molecule has 17 heavy (non-hydrogen) atoms. The summed E-state index contributed by atoms with van der Waals surface area (Å²) in [6.45, 7) is 0.644. The number of amidine groups is 1. The minimum absolute atomic E-state index is 0.338. The van der Waals surface area contributed by atoms with Crippen molar-refractivity contribution in [1.29, 1.82) is 0 Å². The second-order valence-electron chi connectivity index (χ2n) is 3.55. The Bertz CT molecular complexity index is 456. The SMILES string of the molecule is CN1NC(Cl)=C(NCc2ccccc2)N=C1Cl. The molecule has 0 amide bonds. The van der Waals surface area contributed by atoms with Gasteiger partial charge in [0.15, 0.2) is 11.0 Å². The predicted octanol–water partition coefficient (Wildman–Crippen LogP) is 2.19. The molecule has 0 aliphatic carbocycles. The first-order valence-electron chi connectivity index (χ1n) is 5.09. The van der Waals surface area contributed by atoms with Crippen LogP contribution < -0.4 is 10.7 Å². The summed E-state index contributed by atoms with van der Waals surface area (Å²) in [7, 11) is 1.74. The van der Waals surface area contributed by atoms with Gasteiger partial charge in [-0.05, 0) is 17.2 Å². The lowest BCUT2D eigenvalue weighted by Crippen LogP contribution is -2.40. The lowest BCUT2D eigenvalue weighted by Gasteiger charge is -2.24. The molecule has 1 aromatic rings. The summed E-state index contributed by atoms with van der Waals surface area (Å²) >= 11 is 11.9. The van der Waals surface area contributed by atoms with Crippen LogP contribution in [0, 0.1) is 0 Å². The highest BCUT2D eigenvalue weighted by atomic mass is 35.5. The number of hydrazine groups is 1. The fraction of sp³-hybridized carbons (Fsp3) is 0.182. The highest BCUT2D eigenvalue weighted by molar-refractivity contribution is 6.64. The third kappa shape index (κ3) is 3.05. The monoisotopic (exact) mass is 270 g/mol. The maximum Gasteiger partial charge on any atom is 0.219 e. The van der Waals surface area contributed by atoms with Crippen molar-refractivity contribution in [2.75, 3.05) is 7.05 Å². The Morgan fingerprint density at radius 1 is 1.29 bits per heavy atom. The molecule has 2 rings (SSSR count). The van der Waals surface area contributed by atoms with Gasteiger partial charge >= 0.3 is 0 Å². The molecular formula is C11H12Cl2N4. The van der Waals surface area contributed by atoms with Crippen LogP contribution in [0.5, 0.6) is 0 Å². The molecule has 0 spiro atoms. The van der Waals surface area contributed by atoms with Gasteiger partial charge in [0.25, 0.3) is 0 Å². The van der Waals surface area contributed by atoms with Crippen LogP contribution in [0.1, 0.15) is 5.56 Å². The molecule has 0 saturated carbocycles. The quantitative estimate of drug-likeness (QED) is 0.828. The summed E-state index contributed by atoms with van der Waals surface area (Å²) in [4.78, 5) is 4.14. The van der Waals surface area contributed by atoms with Crippen molar-refractivity contribution in [3.8, 4) is 0 Å². The molecular weight excluding hydrogens is 259 g/mol. The summed E-state index contributed by atoms with van der Waals surface area (Å²) in [5, 5.41) is 5.43. The molecule has 0 unspecified atom stereocenters. The zero-order chi connectivity index (χ0) is 12.3. The van der Waals surface area contributed by atoms with Crippen molar-refractivity contribution in [3.63, 3.8) is 0 Å². The molecule has 0 saturated heterocycles. The molecule has 90 valence electrons. The number of aliphatic imine (C=N–C) groups is 1. The predicted molar refractivity (Wildman–Crippen MR) is 70.3 cm³/mol. The number of nitrogens with zero attached hydrogens (tertiary/aromatic N) is 2. The first-order valence-corrected chi connectivity index (χ1v) is 5.84. The summed E-state index contributed by atoms with van der Waals surface area (Å²) in [6.07, 6.45) is 0. The highest BCUT2D eigenvalue weighted by Gasteiger charge is 2.15. The van der Waals surface area contributed by atoms with E-state index in [1.54, 1.807) is 7.05 Å². The molecule has 1 aliphatic heterocycles. The Morgan fingerprint density at radius 3 is 2.71 bits per heavy atom. The molecule has 0 aromatic heterocycles. The normalized spacial score (nSPS) is 15.5. The number of rotatable bonds is 3. The molecule has 1 heterocycles. The van der Waals surface area contributed by atoms with E-state index in [4.69, 9.17) is 23.2 Å². The number of halogens is 2. The van der Waals surface area contributed by atoms with Gasteiger partial charge in [0.1, 0.15) is 0 Å². The lowest BCUT2D eigenvalue weighted by molar-refractivity contribution is 0.419. The van der Waals surface area contributed by atoms with E-state index in [1.165, 1.54) is 5.01 Å². The van der Waals surface area contributed by atoms with Crippen molar-refractivity contribution in [2.45, 2.75) is 6.54 Å². The Morgan fingerprint density at radius 2 is 2.00 bits per heavy atom. The zero-order valence-electron chi connectivity index (χ0n) is 9.24. The van der Waals surface area contributed by atoms with Crippen LogP contribution >= 0.6 is 23.2 Å². The largest absolute Gasteiger partial charge is 0.363 e. The second-order valence-corrected chi connectivity index (χ2v) is 4.27. The standard InChI is InChI=1S/C11H12Cl2N4/c1-17-11(13)15-10(9(12)16-17)14-7-8-5-3-2-4-6-8/h2-6,14,16H,7H2,1H3. The number of hydrogen-bond acceptors (Lipinski definition) is 4. The topological polar surface area (TPSA) is 39.7 Å². The van der Waals surface area contributed by atoms with Gasteiger partial charge in [0.2, 0.25) is 5.29 Å². The molecule has 2 N–H and O–H groups in total. The van der Waals surface area contributed by atoms with Crippen LogP contribution in [0.15, 0.2) is 46.3 Å². The van der Waals surface area contributed by atoms with Gasteiger partial charge in [-0.1, -0.05) is 41.9 Å². The van der Waals surface area contributed by atoms with Gasteiger partial charge in [0.05, 0.1) is 0 Å². The first kappa shape index (κ1) is 12.1. The molecule has 0 radical (unpaired) electrons. The Hall–Kier alpha value is -1.39. The summed E-state index contributed by atoms with van der Waals surface area (Å²) < 4.78 is 0. The smallest absolute Gasteiger partial charge is 0.219 e. The van der Waals surface area contributed by atoms with Crippen molar-refractivity contribution < 1.29 is 0 Å². The highest BCUT2D eigenvalue weighted by Crippen LogP contribution is 2.13. The lowest BCUT2D eigenvalue weighted by atomic mass is 10.2. The number of hydrogen-bond donors (Lipinski definition) is 2. The summed E-state index contributed by atoms with van der Waals surface area (Å²) in [6, 6.07) is 9.98. The second kappa shape index (κ2) is 5.29. The minimum atomic E-state index is 0.338. The summed E-state index contributed by atoms with van der Waals surface area (Å²) in [5.41, 5.74) is 4.02. The fourth-order valence-corrected chi connectivity index (χ4v) is 1.72. The number of nitrogens with one attached hydrogen (secondary N) is 2. The van der Waals surface area contributed by atoms with Crippen molar-refractivity contribution in [2.24, 2.45) is 4.99 Å². The van der Waals surface area contributed by atoms with Crippen LogP contribution in [0.2, 0.25) is 0 Å².